The standard InChI is InChI=1S/C17H27NO/c1-2-3-4-5-6-7-8-17(19)16-11-9-15(10-12-16)13-14-18/h9-12H,2-8,13-14,18H2,1H3. The Labute approximate surface area is 117 Å². The minimum absolute atomic E-state index is 0.273. The maximum Gasteiger partial charge on any atom is 0.162 e. The van der Waals surface area contributed by atoms with Crippen molar-refractivity contribution in [2.24, 2.45) is 5.73 Å². The molecule has 0 fully saturated rings. The summed E-state index contributed by atoms with van der Waals surface area (Å²) >= 11 is 0. The van der Waals surface area contributed by atoms with Gasteiger partial charge in [0.15, 0.2) is 5.78 Å². The molecule has 0 aliphatic heterocycles. The van der Waals surface area contributed by atoms with Crippen LogP contribution in [0.3, 0.4) is 0 Å². The minimum atomic E-state index is 0.273. The van der Waals surface area contributed by atoms with E-state index in [2.05, 4.69) is 6.92 Å². The number of carbonyl (C=O) groups excluding carboxylic acids is 1. The summed E-state index contributed by atoms with van der Waals surface area (Å²) in [5, 5.41) is 0. The van der Waals surface area contributed by atoms with E-state index in [-0.39, 0.29) is 5.78 Å². The zero-order valence-corrected chi connectivity index (χ0v) is 12.2. The van der Waals surface area contributed by atoms with Gasteiger partial charge in [0.25, 0.3) is 0 Å². The molecule has 0 saturated heterocycles. The van der Waals surface area contributed by atoms with Gasteiger partial charge < -0.3 is 5.73 Å². The van der Waals surface area contributed by atoms with E-state index in [1.807, 2.05) is 24.3 Å². The van der Waals surface area contributed by atoms with Crippen molar-refractivity contribution < 1.29 is 4.79 Å². The Morgan fingerprint density at radius 1 is 1.00 bits per heavy atom. The highest BCUT2D eigenvalue weighted by Crippen LogP contribution is 2.12. The van der Waals surface area contributed by atoms with Crippen LogP contribution in [0.2, 0.25) is 0 Å². The Bertz CT molecular complexity index is 356. The van der Waals surface area contributed by atoms with Gasteiger partial charge in [0.05, 0.1) is 0 Å². The highest BCUT2D eigenvalue weighted by molar-refractivity contribution is 5.96. The Hall–Kier alpha value is -1.15. The molecule has 0 aliphatic carbocycles. The molecule has 1 aromatic carbocycles. The van der Waals surface area contributed by atoms with Crippen LogP contribution in [0.5, 0.6) is 0 Å². The van der Waals surface area contributed by atoms with E-state index >= 15 is 0 Å². The molecule has 1 rings (SSSR count). The molecule has 0 bridgehead atoms. The summed E-state index contributed by atoms with van der Waals surface area (Å²) in [6.07, 6.45) is 8.91. The maximum atomic E-state index is 12.0. The van der Waals surface area contributed by atoms with Gasteiger partial charge in [-0.2, -0.15) is 0 Å². The van der Waals surface area contributed by atoms with Gasteiger partial charge in [0.1, 0.15) is 0 Å². The van der Waals surface area contributed by atoms with Crippen LogP contribution in [0.4, 0.5) is 0 Å². The van der Waals surface area contributed by atoms with Gasteiger partial charge in [-0.3, -0.25) is 4.79 Å². The summed E-state index contributed by atoms with van der Waals surface area (Å²) in [5.41, 5.74) is 7.56. The molecular formula is C17H27NO. The lowest BCUT2D eigenvalue weighted by atomic mass is 10.0. The van der Waals surface area contributed by atoms with Crippen molar-refractivity contribution in [2.45, 2.75) is 58.3 Å². The fraction of sp³-hybridized carbons (Fsp3) is 0.588. The fourth-order valence-corrected chi connectivity index (χ4v) is 2.23. The van der Waals surface area contributed by atoms with Gasteiger partial charge in [0, 0.05) is 12.0 Å². The smallest absolute Gasteiger partial charge is 0.162 e. The van der Waals surface area contributed by atoms with Crippen LogP contribution in [0, 0.1) is 0 Å². The van der Waals surface area contributed by atoms with E-state index in [1.54, 1.807) is 0 Å². The number of benzene rings is 1. The zero-order valence-electron chi connectivity index (χ0n) is 12.2. The Kier molecular flexibility index (Phi) is 8.15. The molecule has 0 atom stereocenters. The number of hydrogen-bond donors (Lipinski definition) is 1. The van der Waals surface area contributed by atoms with Gasteiger partial charge in [-0.25, -0.2) is 0 Å². The van der Waals surface area contributed by atoms with Crippen LogP contribution in [0.1, 0.15) is 67.8 Å². The summed E-state index contributed by atoms with van der Waals surface area (Å²) in [6, 6.07) is 7.90. The van der Waals surface area contributed by atoms with Gasteiger partial charge in [-0.15, -0.1) is 0 Å². The molecule has 0 heterocycles. The van der Waals surface area contributed by atoms with Crippen molar-refractivity contribution >= 4 is 5.78 Å². The van der Waals surface area contributed by atoms with Gasteiger partial charge in [-0.05, 0) is 24.9 Å². The predicted molar refractivity (Wildman–Crippen MR) is 81.5 cm³/mol. The molecule has 1 aromatic rings. The van der Waals surface area contributed by atoms with E-state index in [0.717, 1.165) is 18.4 Å². The van der Waals surface area contributed by atoms with Crippen molar-refractivity contribution in [3.8, 4) is 0 Å². The third-order valence-electron chi connectivity index (χ3n) is 3.47. The molecule has 106 valence electrons. The third-order valence-corrected chi connectivity index (χ3v) is 3.47. The molecule has 0 spiro atoms. The van der Waals surface area contributed by atoms with E-state index in [9.17, 15) is 4.79 Å². The first kappa shape index (κ1) is 15.9. The van der Waals surface area contributed by atoms with Crippen LogP contribution in [-0.4, -0.2) is 12.3 Å². The van der Waals surface area contributed by atoms with E-state index in [4.69, 9.17) is 5.73 Å². The summed E-state index contributed by atoms with van der Waals surface area (Å²) in [7, 11) is 0. The highest BCUT2D eigenvalue weighted by Gasteiger charge is 2.05. The number of rotatable bonds is 10. The quantitative estimate of drug-likeness (QED) is 0.508. The molecule has 2 heteroatoms. The summed E-state index contributed by atoms with van der Waals surface area (Å²) < 4.78 is 0. The lowest BCUT2D eigenvalue weighted by molar-refractivity contribution is 0.0979. The first-order valence-corrected chi connectivity index (χ1v) is 7.60. The first-order chi connectivity index (χ1) is 9.27. The number of Topliss-reactive ketones (excluding diaryl/α,β-unsaturated/α-hetero) is 1. The maximum absolute atomic E-state index is 12.0. The first-order valence-electron chi connectivity index (χ1n) is 7.60. The van der Waals surface area contributed by atoms with E-state index in [0.29, 0.717) is 13.0 Å². The molecule has 0 aliphatic rings. The number of unbranched alkanes of at least 4 members (excludes halogenated alkanes) is 5. The van der Waals surface area contributed by atoms with Crippen LogP contribution in [0.25, 0.3) is 0 Å². The lowest BCUT2D eigenvalue weighted by Gasteiger charge is -2.03. The number of nitrogens with two attached hydrogens (primary N) is 1. The SMILES string of the molecule is CCCCCCCCC(=O)c1ccc(CCN)cc1. The molecule has 0 saturated carbocycles. The molecular weight excluding hydrogens is 234 g/mol. The molecule has 2 N–H and O–H groups in total. The molecule has 0 aromatic heterocycles. The molecule has 0 unspecified atom stereocenters. The third kappa shape index (κ3) is 6.53. The van der Waals surface area contributed by atoms with Crippen molar-refractivity contribution in [3.63, 3.8) is 0 Å². The van der Waals surface area contributed by atoms with Crippen molar-refractivity contribution in [2.75, 3.05) is 6.54 Å². The Morgan fingerprint density at radius 3 is 2.26 bits per heavy atom. The normalized spacial score (nSPS) is 10.6. The zero-order chi connectivity index (χ0) is 13.9. The largest absolute Gasteiger partial charge is 0.330 e. The van der Waals surface area contributed by atoms with Gasteiger partial charge in [0.2, 0.25) is 0 Å². The lowest BCUT2D eigenvalue weighted by Crippen LogP contribution is -2.03. The van der Waals surface area contributed by atoms with Crippen LogP contribution in [-0.2, 0) is 6.42 Å². The summed E-state index contributed by atoms with van der Waals surface area (Å²) in [6.45, 7) is 2.88. The second kappa shape index (κ2) is 9.74. The Balaban J connectivity index is 2.25. The minimum Gasteiger partial charge on any atom is -0.330 e. The molecule has 19 heavy (non-hydrogen) atoms. The van der Waals surface area contributed by atoms with Gasteiger partial charge in [-0.1, -0.05) is 63.3 Å². The number of carbonyl (C=O) groups is 1. The Morgan fingerprint density at radius 2 is 1.63 bits per heavy atom. The molecule has 0 radical (unpaired) electrons. The average Bonchev–Trinajstić information content (AvgIpc) is 2.43. The second-order valence-corrected chi connectivity index (χ2v) is 5.18. The van der Waals surface area contributed by atoms with Crippen LogP contribution >= 0.6 is 0 Å². The average molecular weight is 261 g/mol. The van der Waals surface area contributed by atoms with E-state index < -0.39 is 0 Å². The fourth-order valence-electron chi connectivity index (χ4n) is 2.23. The monoisotopic (exact) mass is 261 g/mol. The topological polar surface area (TPSA) is 43.1 Å². The van der Waals surface area contributed by atoms with Crippen LogP contribution < -0.4 is 5.73 Å². The molecule has 2 nitrogen and oxygen atoms in total. The number of hydrogen-bond acceptors (Lipinski definition) is 2. The van der Waals surface area contributed by atoms with E-state index in [1.165, 1.54) is 37.7 Å². The van der Waals surface area contributed by atoms with Gasteiger partial charge >= 0.3 is 0 Å². The summed E-state index contributed by atoms with van der Waals surface area (Å²) in [4.78, 5) is 12.0. The highest BCUT2D eigenvalue weighted by atomic mass is 16.1. The second-order valence-electron chi connectivity index (χ2n) is 5.18. The number of ketones is 1. The van der Waals surface area contributed by atoms with Crippen molar-refractivity contribution in [3.05, 3.63) is 35.4 Å². The summed E-state index contributed by atoms with van der Waals surface area (Å²) in [5.74, 6) is 0.273. The van der Waals surface area contributed by atoms with Crippen LogP contribution in [0.15, 0.2) is 24.3 Å². The predicted octanol–water partition coefficient (Wildman–Crippen LogP) is 4.12. The molecule has 0 amide bonds. The van der Waals surface area contributed by atoms with Crippen molar-refractivity contribution in [1.82, 2.24) is 0 Å². The van der Waals surface area contributed by atoms with Crippen molar-refractivity contribution in [1.29, 1.82) is 0 Å².